The molecular formula is C33H35F3N3O7P. The van der Waals surface area contributed by atoms with Crippen molar-refractivity contribution in [2.45, 2.75) is 37.8 Å². The summed E-state index contributed by atoms with van der Waals surface area (Å²) in [4.78, 5) is 57.9. The van der Waals surface area contributed by atoms with E-state index in [0.29, 0.717) is 18.4 Å². The molecule has 47 heavy (non-hydrogen) atoms. The van der Waals surface area contributed by atoms with Crippen LogP contribution in [0.2, 0.25) is 0 Å². The number of carbonyl (C=O) groups is 3. The second-order valence-electron chi connectivity index (χ2n) is 11.4. The number of aromatic nitrogens is 1. The van der Waals surface area contributed by atoms with E-state index in [1.54, 1.807) is 17.0 Å². The smallest absolute Gasteiger partial charge is 0.387 e. The van der Waals surface area contributed by atoms with E-state index in [2.05, 4.69) is 14.0 Å². The van der Waals surface area contributed by atoms with Gasteiger partial charge in [-0.2, -0.15) is 8.78 Å². The Bertz CT molecular complexity index is 1670. The SMILES string of the molecule is COCC(C(=O)N1CCCC1)n1cccc(N2C[C@@H](c3c(F)cc(OC)cc3P)[C@H](CC(=O)c3ccc(OC(F)F)cc3)C2=O)c1=O. The van der Waals surface area contributed by atoms with Crippen LogP contribution in [0.3, 0.4) is 0 Å². The monoisotopic (exact) mass is 673 g/mol. The molecule has 0 N–H and O–H groups in total. The Kier molecular flexibility index (Phi) is 10.7. The molecule has 5 rings (SSSR count). The molecule has 2 aromatic carbocycles. The van der Waals surface area contributed by atoms with E-state index in [-0.39, 0.29) is 53.8 Å². The maximum absolute atomic E-state index is 15.7. The summed E-state index contributed by atoms with van der Waals surface area (Å²) >= 11 is 0. The van der Waals surface area contributed by atoms with Crippen LogP contribution in [-0.4, -0.2) is 74.1 Å². The molecule has 2 aliphatic rings. The number of anilines is 1. The van der Waals surface area contributed by atoms with Gasteiger partial charge in [0.1, 0.15) is 29.0 Å². The highest BCUT2D eigenvalue weighted by Crippen LogP contribution is 2.40. The molecule has 0 saturated carbocycles. The Hall–Kier alpha value is -4.22. The molecule has 2 fully saturated rings. The number of ketones is 1. The van der Waals surface area contributed by atoms with Crippen molar-refractivity contribution in [2.24, 2.45) is 5.92 Å². The van der Waals surface area contributed by atoms with Crippen LogP contribution in [0.4, 0.5) is 18.9 Å². The summed E-state index contributed by atoms with van der Waals surface area (Å²) in [6.07, 6.45) is 2.83. The van der Waals surface area contributed by atoms with Crippen molar-refractivity contribution >= 4 is 37.8 Å². The van der Waals surface area contributed by atoms with Crippen molar-refractivity contribution in [2.75, 3.05) is 45.4 Å². The number of methoxy groups -OCH3 is 2. The minimum absolute atomic E-state index is 0.0273. The van der Waals surface area contributed by atoms with Crippen LogP contribution in [-0.2, 0) is 14.3 Å². The largest absolute Gasteiger partial charge is 0.497 e. The molecule has 2 saturated heterocycles. The topological polar surface area (TPSA) is 107 Å². The van der Waals surface area contributed by atoms with E-state index in [9.17, 15) is 28.0 Å². The van der Waals surface area contributed by atoms with Crippen LogP contribution >= 0.6 is 9.24 Å². The number of pyridine rings is 1. The van der Waals surface area contributed by atoms with Crippen molar-refractivity contribution in [1.82, 2.24) is 9.47 Å². The predicted molar refractivity (Wildman–Crippen MR) is 170 cm³/mol. The summed E-state index contributed by atoms with van der Waals surface area (Å²) in [6.45, 7) is -2.09. The minimum Gasteiger partial charge on any atom is -0.497 e. The molecule has 0 bridgehead atoms. The molecule has 2 amide bonds. The van der Waals surface area contributed by atoms with Gasteiger partial charge in [0.25, 0.3) is 5.56 Å². The zero-order chi connectivity index (χ0) is 33.8. The zero-order valence-electron chi connectivity index (χ0n) is 25.9. The fraction of sp³-hybridized carbons (Fsp3) is 0.394. The van der Waals surface area contributed by atoms with Crippen LogP contribution in [0.15, 0.2) is 59.5 Å². The summed E-state index contributed by atoms with van der Waals surface area (Å²) < 4.78 is 57.0. The first-order chi connectivity index (χ1) is 22.5. The maximum atomic E-state index is 15.7. The van der Waals surface area contributed by atoms with Gasteiger partial charge in [0.2, 0.25) is 11.8 Å². The van der Waals surface area contributed by atoms with Gasteiger partial charge in [-0.25, -0.2) is 4.39 Å². The molecule has 0 radical (unpaired) electrons. The number of benzene rings is 2. The molecular weight excluding hydrogens is 638 g/mol. The van der Waals surface area contributed by atoms with Crippen molar-refractivity contribution in [3.05, 3.63) is 82.0 Å². The fourth-order valence-electron chi connectivity index (χ4n) is 6.31. The first kappa shape index (κ1) is 34.1. The third kappa shape index (κ3) is 7.21. The number of ether oxygens (including phenoxy) is 3. The van der Waals surface area contributed by atoms with Gasteiger partial charge in [0.15, 0.2) is 5.78 Å². The summed E-state index contributed by atoms with van der Waals surface area (Å²) in [7, 11) is 5.26. The molecule has 3 heterocycles. The van der Waals surface area contributed by atoms with Gasteiger partial charge in [-0.05, 0) is 60.6 Å². The Morgan fingerprint density at radius 2 is 1.72 bits per heavy atom. The molecule has 4 atom stereocenters. The fourth-order valence-corrected chi connectivity index (χ4v) is 6.83. The predicted octanol–water partition coefficient (Wildman–Crippen LogP) is 3.93. The highest BCUT2D eigenvalue weighted by Gasteiger charge is 2.45. The molecule has 250 valence electrons. The average molecular weight is 674 g/mol. The number of hydrogen-bond donors (Lipinski definition) is 0. The van der Waals surface area contributed by atoms with E-state index in [1.165, 1.54) is 66.3 Å². The number of halogens is 3. The van der Waals surface area contributed by atoms with Crippen molar-refractivity contribution in [1.29, 1.82) is 0 Å². The van der Waals surface area contributed by atoms with Crippen LogP contribution < -0.4 is 25.2 Å². The van der Waals surface area contributed by atoms with E-state index in [0.717, 1.165) is 12.8 Å². The van der Waals surface area contributed by atoms with Gasteiger partial charge in [-0.1, -0.05) is 0 Å². The van der Waals surface area contributed by atoms with E-state index in [1.807, 2.05) is 0 Å². The Morgan fingerprint density at radius 1 is 1.02 bits per heavy atom. The van der Waals surface area contributed by atoms with Gasteiger partial charge >= 0.3 is 6.61 Å². The number of Topliss-reactive ketones (excluding diaryl/α,β-unsaturated/α-hetero) is 1. The summed E-state index contributed by atoms with van der Waals surface area (Å²) in [6, 6.07) is 9.87. The van der Waals surface area contributed by atoms with Crippen LogP contribution in [0.5, 0.6) is 11.5 Å². The lowest BCUT2D eigenvalue weighted by Gasteiger charge is -2.25. The Labute approximate surface area is 271 Å². The van der Waals surface area contributed by atoms with Crippen LogP contribution in [0.1, 0.15) is 47.1 Å². The number of nitrogens with zero attached hydrogens (tertiary/aromatic N) is 3. The third-order valence-electron chi connectivity index (χ3n) is 8.60. The lowest BCUT2D eigenvalue weighted by molar-refractivity contribution is -0.135. The van der Waals surface area contributed by atoms with E-state index >= 15 is 4.39 Å². The molecule has 0 spiro atoms. The van der Waals surface area contributed by atoms with Gasteiger partial charge in [0, 0.05) is 62.5 Å². The first-order valence-electron chi connectivity index (χ1n) is 15.0. The van der Waals surface area contributed by atoms with Crippen molar-refractivity contribution < 1.29 is 41.8 Å². The molecule has 10 nitrogen and oxygen atoms in total. The quantitative estimate of drug-likeness (QED) is 0.212. The number of amides is 2. The second-order valence-corrected chi connectivity index (χ2v) is 12.0. The highest BCUT2D eigenvalue weighted by atomic mass is 31.0. The Morgan fingerprint density at radius 3 is 2.34 bits per heavy atom. The number of hydrogen-bond acceptors (Lipinski definition) is 7. The third-order valence-corrected chi connectivity index (χ3v) is 9.08. The number of likely N-dealkylation sites (tertiary alicyclic amines) is 1. The summed E-state index contributed by atoms with van der Waals surface area (Å²) in [5.74, 6) is -3.81. The lowest BCUT2D eigenvalue weighted by Crippen LogP contribution is -2.42. The van der Waals surface area contributed by atoms with Gasteiger partial charge < -0.3 is 24.0 Å². The number of carbonyl (C=O) groups excluding carboxylic acids is 3. The number of rotatable bonds is 12. The lowest BCUT2D eigenvalue weighted by atomic mass is 9.84. The van der Waals surface area contributed by atoms with Crippen LogP contribution in [0.25, 0.3) is 0 Å². The Balaban J connectivity index is 1.51. The van der Waals surface area contributed by atoms with Crippen LogP contribution in [0, 0.1) is 11.7 Å². The normalized spacial score (nSPS) is 18.6. The molecule has 1 aromatic heterocycles. The van der Waals surface area contributed by atoms with Crippen molar-refractivity contribution in [3.63, 3.8) is 0 Å². The van der Waals surface area contributed by atoms with Crippen molar-refractivity contribution in [3.8, 4) is 11.5 Å². The average Bonchev–Trinajstić information content (AvgIpc) is 3.69. The molecule has 14 heteroatoms. The standard InChI is InChI=1S/C33H35F3N3O7P/c1-44-18-26(31(42)37-11-3-4-12-37)38-13-5-6-25(32(38)43)39-17-23(29-24(34)14-21(45-2)15-28(29)47)22(30(39)41)16-27(40)19-7-9-20(10-8-19)46-33(35)36/h5-10,13-15,22-23,26,33H,3-4,11-12,16-18,47H2,1-2H3/t22-,23+,26?/m0/s1. The van der Waals surface area contributed by atoms with Gasteiger partial charge in [-0.3, -0.25) is 23.7 Å². The number of alkyl halides is 2. The van der Waals surface area contributed by atoms with Gasteiger partial charge in [0.05, 0.1) is 19.6 Å². The maximum Gasteiger partial charge on any atom is 0.387 e. The van der Waals surface area contributed by atoms with E-state index < -0.39 is 47.6 Å². The second kappa shape index (κ2) is 14.7. The molecule has 2 unspecified atom stereocenters. The molecule has 2 aliphatic heterocycles. The molecule has 0 aliphatic carbocycles. The van der Waals surface area contributed by atoms with Gasteiger partial charge in [-0.15, -0.1) is 9.24 Å². The van der Waals surface area contributed by atoms with E-state index in [4.69, 9.17) is 9.47 Å². The minimum atomic E-state index is -3.04. The summed E-state index contributed by atoms with van der Waals surface area (Å²) in [5.41, 5.74) is -0.330. The first-order valence-corrected chi connectivity index (χ1v) is 15.6. The summed E-state index contributed by atoms with van der Waals surface area (Å²) in [5, 5.41) is 0.411. The highest BCUT2D eigenvalue weighted by molar-refractivity contribution is 7.27. The zero-order valence-corrected chi connectivity index (χ0v) is 27.0. The molecule has 3 aromatic rings.